The molecule has 0 radical (unpaired) electrons. The molecule has 0 aliphatic heterocycles. The van der Waals surface area contributed by atoms with E-state index in [-0.39, 0.29) is 0 Å². The van der Waals surface area contributed by atoms with Crippen LogP contribution < -0.4 is 0 Å². The lowest BCUT2D eigenvalue weighted by atomic mass is 9.93. The van der Waals surface area contributed by atoms with E-state index in [1.54, 1.807) is 27.7 Å². The summed E-state index contributed by atoms with van der Waals surface area (Å²) in [6, 6.07) is 8.04. The van der Waals surface area contributed by atoms with Gasteiger partial charge in [0.2, 0.25) is 0 Å². The highest BCUT2D eigenvalue weighted by atomic mass is 16.3. The molecule has 2 heteroatoms. The molecule has 0 aliphatic carbocycles. The van der Waals surface area contributed by atoms with Crippen molar-refractivity contribution in [2.45, 2.75) is 51.7 Å². The molecule has 0 amide bonds. The van der Waals surface area contributed by atoms with Crippen molar-refractivity contribution in [2.75, 3.05) is 0 Å². The zero-order chi connectivity index (χ0) is 12.4. The summed E-state index contributed by atoms with van der Waals surface area (Å²) in [6.45, 7) is 7.20. The number of aliphatic hydroxyl groups is 2. The fourth-order valence-electron chi connectivity index (χ4n) is 1.85. The second-order valence-corrected chi connectivity index (χ2v) is 5.80. The number of benzene rings is 1. The fourth-order valence-corrected chi connectivity index (χ4v) is 1.85. The van der Waals surface area contributed by atoms with Gasteiger partial charge in [0, 0.05) is 12.8 Å². The van der Waals surface area contributed by atoms with Crippen LogP contribution >= 0.6 is 0 Å². The highest BCUT2D eigenvalue weighted by Gasteiger charge is 2.16. The average molecular weight is 222 g/mol. The van der Waals surface area contributed by atoms with Gasteiger partial charge in [-0.2, -0.15) is 0 Å². The Kier molecular flexibility index (Phi) is 3.76. The minimum Gasteiger partial charge on any atom is -0.390 e. The van der Waals surface area contributed by atoms with Crippen LogP contribution in [0.1, 0.15) is 38.8 Å². The SMILES string of the molecule is CC(C)(O)Cc1cccc(CC(C)(C)O)c1. The minimum absolute atomic E-state index is 0.632. The van der Waals surface area contributed by atoms with Crippen LogP contribution in [-0.2, 0) is 12.8 Å². The molecule has 0 bridgehead atoms. The molecule has 0 fully saturated rings. The van der Waals surface area contributed by atoms with Gasteiger partial charge >= 0.3 is 0 Å². The lowest BCUT2D eigenvalue weighted by Crippen LogP contribution is -2.23. The van der Waals surface area contributed by atoms with E-state index < -0.39 is 11.2 Å². The second-order valence-electron chi connectivity index (χ2n) is 5.80. The zero-order valence-electron chi connectivity index (χ0n) is 10.6. The summed E-state index contributed by atoms with van der Waals surface area (Å²) in [5.41, 5.74) is 0.837. The van der Waals surface area contributed by atoms with Gasteiger partial charge < -0.3 is 10.2 Å². The van der Waals surface area contributed by atoms with Crippen molar-refractivity contribution in [1.82, 2.24) is 0 Å². The molecule has 90 valence electrons. The van der Waals surface area contributed by atoms with E-state index in [9.17, 15) is 10.2 Å². The van der Waals surface area contributed by atoms with Crippen LogP contribution in [-0.4, -0.2) is 21.4 Å². The predicted molar refractivity (Wildman–Crippen MR) is 66.4 cm³/mol. The van der Waals surface area contributed by atoms with Gasteiger partial charge in [0.05, 0.1) is 11.2 Å². The van der Waals surface area contributed by atoms with Crippen LogP contribution in [0.25, 0.3) is 0 Å². The quantitative estimate of drug-likeness (QED) is 0.820. The topological polar surface area (TPSA) is 40.5 Å². The fraction of sp³-hybridized carbons (Fsp3) is 0.571. The highest BCUT2D eigenvalue weighted by molar-refractivity contribution is 5.25. The van der Waals surface area contributed by atoms with Crippen molar-refractivity contribution >= 4 is 0 Å². The van der Waals surface area contributed by atoms with Gasteiger partial charge in [-0.25, -0.2) is 0 Å². The van der Waals surface area contributed by atoms with Crippen molar-refractivity contribution in [3.8, 4) is 0 Å². The molecule has 0 atom stereocenters. The third-order valence-corrected chi connectivity index (χ3v) is 2.26. The summed E-state index contributed by atoms with van der Waals surface area (Å²) >= 11 is 0. The Morgan fingerprint density at radius 1 is 0.875 bits per heavy atom. The van der Waals surface area contributed by atoms with Crippen LogP contribution in [0.5, 0.6) is 0 Å². The van der Waals surface area contributed by atoms with Crippen molar-refractivity contribution < 1.29 is 10.2 Å². The second kappa shape index (κ2) is 4.56. The summed E-state index contributed by atoms with van der Waals surface area (Å²) in [6.07, 6.45) is 1.26. The standard InChI is InChI=1S/C14H22O2/c1-13(2,15)9-11-6-5-7-12(8-11)10-14(3,4)16/h5-8,15-16H,9-10H2,1-4H3. The monoisotopic (exact) mass is 222 g/mol. The van der Waals surface area contributed by atoms with Gasteiger partial charge in [0.1, 0.15) is 0 Å². The van der Waals surface area contributed by atoms with Gasteiger partial charge in [0.25, 0.3) is 0 Å². The summed E-state index contributed by atoms with van der Waals surface area (Å²) in [4.78, 5) is 0. The Morgan fingerprint density at radius 2 is 1.25 bits per heavy atom. The molecule has 16 heavy (non-hydrogen) atoms. The largest absolute Gasteiger partial charge is 0.390 e. The van der Waals surface area contributed by atoms with E-state index in [0.29, 0.717) is 12.8 Å². The Hall–Kier alpha value is -0.860. The maximum Gasteiger partial charge on any atom is 0.0631 e. The molecule has 1 aromatic carbocycles. The molecule has 1 rings (SSSR count). The van der Waals surface area contributed by atoms with E-state index in [2.05, 4.69) is 6.07 Å². The van der Waals surface area contributed by atoms with Gasteiger partial charge in [-0.3, -0.25) is 0 Å². The first kappa shape index (κ1) is 13.2. The Bertz CT molecular complexity index is 311. The molecule has 1 aromatic rings. The number of rotatable bonds is 4. The van der Waals surface area contributed by atoms with Gasteiger partial charge in [0.15, 0.2) is 0 Å². The smallest absolute Gasteiger partial charge is 0.0631 e. The Morgan fingerprint density at radius 3 is 1.56 bits per heavy atom. The van der Waals surface area contributed by atoms with Crippen molar-refractivity contribution in [2.24, 2.45) is 0 Å². The lowest BCUT2D eigenvalue weighted by Gasteiger charge is -2.20. The van der Waals surface area contributed by atoms with E-state index in [1.807, 2.05) is 18.2 Å². The van der Waals surface area contributed by atoms with E-state index in [4.69, 9.17) is 0 Å². The van der Waals surface area contributed by atoms with Gasteiger partial charge in [-0.05, 0) is 38.8 Å². The van der Waals surface area contributed by atoms with Crippen LogP contribution in [0.3, 0.4) is 0 Å². The molecule has 0 aromatic heterocycles. The molecule has 2 nitrogen and oxygen atoms in total. The van der Waals surface area contributed by atoms with Gasteiger partial charge in [-0.1, -0.05) is 24.3 Å². The predicted octanol–water partition coefficient (Wildman–Crippen LogP) is 2.31. The third kappa shape index (κ3) is 5.29. The molecular weight excluding hydrogens is 200 g/mol. The molecule has 0 unspecified atom stereocenters. The summed E-state index contributed by atoms with van der Waals surface area (Å²) in [5, 5.41) is 19.5. The van der Waals surface area contributed by atoms with Crippen molar-refractivity contribution in [3.05, 3.63) is 35.4 Å². The van der Waals surface area contributed by atoms with E-state index >= 15 is 0 Å². The summed E-state index contributed by atoms with van der Waals surface area (Å²) in [7, 11) is 0. The van der Waals surface area contributed by atoms with E-state index in [1.165, 1.54) is 0 Å². The number of hydrogen-bond acceptors (Lipinski definition) is 2. The van der Waals surface area contributed by atoms with Crippen molar-refractivity contribution in [3.63, 3.8) is 0 Å². The van der Waals surface area contributed by atoms with Crippen LogP contribution in [0.15, 0.2) is 24.3 Å². The maximum absolute atomic E-state index is 9.75. The molecule has 0 saturated carbocycles. The minimum atomic E-state index is -0.687. The average Bonchev–Trinajstić information content (AvgIpc) is 1.96. The van der Waals surface area contributed by atoms with Crippen molar-refractivity contribution in [1.29, 1.82) is 0 Å². The molecule has 0 aliphatic rings. The van der Waals surface area contributed by atoms with Crippen LogP contribution in [0, 0.1) is 0 Å². The first-order valence-electron chi connectivity index (χ1n) is 5.68. The third-order valence-electron chi connectivity index (χ3n) is 2.26. The maximum atomic E-state index is 9.75. The lowest BCUT2D eigenvalue weighted by molar-refractivity contribution is 0.0800. The summed E-state index contributed by atoms with van der Waals surface area (Å²) in [5.74, 6) is 0. The molecule has 0 spiro atoms. The first-order valence-corrected chi connectivity index (χ1v) is 5.68. The van der Waals surface area contributed by atoms with Gasteiger partial charge in [-0.15, -0.1) is 0 Å². The van der Waals surface area contributed by atoms with E-state index in [0.717, 1.165) is 11.1 Å². The molecular formula is C14H22O2. The Balaban J connectivity index is 2.79. The highest BCUT2D eigenvalue weighted by Crippen LogP contribution is 2.17. The normalized spacial score (nSPS) is 12.9. The molecule has 2 N–H and O–H groups in total. The Labute approximate surface area is 97.9 Å². The number of hydrogen-bond donors (Lipinski definition) is 2. The first-order chi connectivity index (χ1) is 7.16. The van der Waals surface area contributed by atoms with Crippen LogP contribution in [0.4, 0.5) is 0 Å². The summed E-state index contributed by atoms with van der Waals surface area (Å²) < 4.78 is 0. The zero-order valence-corrected chi connectivity index (χ0v) is 10.6. The molecule has 0 saturated heterocycles. The van der Waals surface area contributed by atoms with Crippen LogP contribution in [0.2, 0.25) is 0 Å². The molecule has 0 heterocycles.